The molecule has 1 aromatic carbocycles. The number of halogens is 1. The largest absolute Gasteiger partial charge is 0.492 e. The summed E-state index contributed by atoms with van der Waals surface area (Å²) in [6.45, 7) is 5.22. The van der Waals surface area contributed by atoms with Gasteiger partial charge in [0.05, 0.1) is 28.9 Å². The van der Waals surface area contributed by atoms with Crippen LogP contribution in [0.4, 0.5) is 0 Å². The molecule has 3 aliphatic rings. The van der Waals surface area contributed by atoms with Crippen molar-refractivity contribution in [2.75, 3.05) is 39.5 Å². The second-order valence-corrected chi connectivity index (χ2v) is 9.57. The van der Waals surface area contributed by atoms with Crippen LogP contribution in [0.1, 0.15) is 25.7 Å². The van der Waals surface area contributed by atoms with Gasteiger partial charge < -0.3 is 23.9 Å². The van der Waals surface area contributed by atoms with E-state index in [0.717, 1.165) is 29.8 Å². The zero-order valence-electron chi connectivity index (χ0n) is 19.0. The predicted octanol–water partition coefficient (Wildman–Crippen LogP) is 4.08. The van der Waals surface area contributed by atoms with Gasteiger partial charge in [0.25, 0.3) is 6.01 Å². The summed E-state index contributed by atoms with van der Waals surface area (Å²) in [5, 5.41) is 0.546. The molecule has 3 aromatic rings. The molecule has 34 heavy (non-hydrogen) atoms. The molecule has 0 radical (unpaired) electrons. The number of fused-ring (bicyclic) bond motifs is 2. The fraction of sp³-hybridized carbons (Fsp3) is 0.520. The maximum atomic E-state index is 6.57. The van der Waals surface area contributed by atoms with Crippen LogP contribution in [0.25, 0.3) is 22.4 Å². The normalized spacial score (nSPS) is 25.0. The minimum atomic E-state index is -0.175. The van der Waals surface area contributed by atoms with Crippen molar-refractivity contribution in [3.05, 3.63) is 35.4 Å². The lowest BCUT2D eigenvalue weighted by Gasteiger charge is -2.26. The molecule has 0 saturated carbocycles. The maximum Gasteiger partial charge on any atom is 0.296 e. The standard InChI is InChI=1S/C25H29ClN4O4/c26-18-14-19-24(29-25(27-19)34-21-15-33-20-8-12-32-23(20)21)28-22(18)16-4-6-17(7-5-16)31-13-11-30-9-2-1-3-10-30/h4-7,14,20-21,23H,1-3,8-13,15H2,(H,27,28,29)/t20-,21?,23+/m1/s1. The van der Waals surface area contributed by atoms with Crippen molar-refractivity contribution in [1.82, 2.24) is 19.9 Å². The second kappa shape index (κ2) is 9.70. The van der Waals surface area contributed by atoms with Crippen molar-refractivity contribution < 1.29 is 18.9 Å². The Hall–Kier alpha value is -2.39. The second-order valence-electron chi connectivity index (χ2n) is 9.16. The minimum Gasteiger partial charge on any atom is -0.492 e. The van der Waals surface area contributed by atoms with Gasteiger partial charge in [-0.15, -0.1) is 0 Å². The van der Waals surface area contributed by atoms with Crippen molar-refractivity contribution in [3.8, 4) is 23.0 Å². The summed E-state index contributed by atoms with van der Waals surface area (Å²) >= 11 is 6.57. The van der Waals surface area contributed by atoms with Gasteiger partial charge >= 0.3 is 0 Å². The van der Waals surface area contributed by atoms with Gasteiger partial charge in [-0.25, -0.2) is 4.98 Å². The topological polar surface area (TPSA) is 81.7 Å². The van der Waals surface area contributed by atoms with E-state index in [1.54, 1.807) is 0 Å². The van der Waals surface area contributed by atoms with Gasteiger partial charge in [-0.05, 0) is 62.7 Å². The van der Waals surface area contributed by atoms with Crippen molar-refractivity contribution in [3.63, 3.8) is 0 Å². The molecule has 5 heterocycles. The molecule has 1 N–H and O–H groups in total. The number of imidazole rings is 1. The maximum absolute atomic E-state index is 6.57. The number of hydrogen-bond acceptors (Lipinski definition) is 7. The van der Waals surface area contributed by atoms with Crippen LogP contribution in [0.15, 0.2) is 30.3 Å². The number of ether oxygens (including phenoxy) is 4. The molecule has 3 atom stereocenters. The summed E-state index contributed by atoms with van der Waals surface area (Å²) in [5.41, 5.74) is 2.87. The number of hydrogen-bond donors (Lipinski definition) is 1. The summed E-state index contributed by atoms with van der Waals surface area (Å²) in [5.74, 6) is 0.847. The Morgan fingerprint density at radius 2 is 1.94 bits per heavy atom. The number of likely N-dealkylation sites (tertiary alicyclic amines) is 1. The van der Waals surface area contributed by atoms with Crippen LogP contribution < -0.4 is 9.47 Å². The van der Waals surface area contributed by atoms with E-state index < -0.39 is 0 Å². The van der Waals surface area contributed by atoms with Crippen molar-refractivity contribution in [1.29, 1.82) is 0 Å². The first-order chi connectivity index (χ1) is 16.7. The molecule has 0 spiro atoms. The number of pyridine rings is 1. The minimum absolute atomic E-state index is 0.0408. The molecule has 9 heteroatoms. The number of H-pyrrole nitrogens is 1. The molecule has 3 aliphatic heterocycles. The Morgan fingerprint density at radius 1 is 1.09 bits per heavy atom. The number of rotatable bonds is 7. The fourth-order valence-electron chi connectivity index (χ4n) is 5.01. The molecule has 0 amide bonds. The molecule has 3 fully saturated rings. The zero-order chi connectivity index (χ0) is 22.9. The summed E-state index contributed by atoms with van der Waals surface area (Å²) in [7, 11) is 0. The first-order valence-electron chi connectivity index (χ1n) is 12.1. The quantitative estimate of drug-likeness (QED) is 0.541. The van der Waals surface area contributed by atoms with E-state index in [0.29, 0.717) is 42.2 Å². The SMILES string of the molecule is Clc1cc2[nH]c(OC3CO[C@@H]4CCO[C@H]34)nc2nc1-c1ccc(OCCN2CCCCC2)cc1. The van der Waals surface area contributed by atoms with Crippen LogP contribution in [0.5, 0.6) is 11.8 Å². The van der Waals surface area contributed by atoms with Gasteiger partial charge in [-0.3, -0.25) is 4.90 Å². The van der Waals surface area contributed by atoms with Gasteiger partial charge in [0, 0.05) is 18.7 Å². The molecule has 0 bridgehead atoms. The monoisotopic (exact) mass is 484 g/mol. The van der Waals surface area contributed by atoms with Gasteiger partial charge in [0.2, 0.25) is 0 Å². The molecular formula is C25H29ClN4O4. The number of benzene rings is 1. The van der Waals surface area contributed by atoms with Crippen molar-refractivity contribution in [2.45, 2.75) is 44.0 Å². The average molecular weight is 485 g/mol. The van der Waals surface area contributed by atoms with Crippen molar-refractivity contribution >= 4 is 22.8 Å². The van der Waals surface area contributed by atoms with Gasteiger partial charge in [-0.2, -0.15) is 4.98 Å². The first-order valence-corrected chi connectivity index (χ1v) is 12.5. The third-order valence-electron chi connectivity index (χ3n) is 6.84. The molecule has 2 aromatic heterocycles. The summed E-state index contributed by atoms with van der Waals surface area (Å²) in [6, 6.07) is 10.1. The van der Waals surface area contributed by atoms with Gasteiger partial charge in [0.1, 0.15) is 18.5 Å². The molecule has 180 valence electrons. The number of piperidine rings is 1. The smallest absolute Gasteiger partial charge is 0.296 e. The van der Waals surface area contributed by atoms with Gasteiger partial charge in [-0.1, -0.05) is 18.0 Å². The number of aromatic nitrogens is 3. The highest BCUT2D eigenvalue weighted by Crippen LogP contribution is 2.32. The van der Waals surface area contributed by atoms with E-state index in [1.807, 2.05) is 30.3 Å². The lowest BCUT2D eigenvalue weighted by molar-refractivity contribution is 0.0273. The zero-order valence-corrected chi connectivity index (χ0v) is 19.8. The van der Waals surface area contributed by atoms with Crippen LogP contribution >= 0.6 is 11.6 Å². The highest BCUT2D eigenvalue weighted by atomic mass is 35.5. The Kier molecular flexibility index (Phi) is 6.30. The summed E-state index contributed by atoms with van der Waals surface area (Å²) in [4.78, 5) is 14.9. The third-order valence-corrected chi connectivity index (χ3v) is 7.13. The van der Waals surface area contributed by atoms with E-state index >= 15 is 0 Å². The third kappa shape index (κ3) is 4.60. The van der Waals surface area contributed by atoms with Crippen LogP contribution in [0, 0.1) is 0 Å². The van der Waals surface area contributed by atoms with E-state index in [9.17, 15) is 0 Å². The Morgan fingerprint density at radius 3 is 2.79 bits per heavy atom. The molecule has 0 aliphatic carbocycles. The average Bonchev–Trinajstić information content (AvgIpc) is 3.57. The van der Waals surface area contributed by atoms with Crippen LogP contribution in [-0.4, -0.2) is 77.6 Å². The van der Waals surface area contributed by atoms with E-state index in [2.05, 4.69) is 14.9 Å². The van der Waals surface area contributed by atoms with Crippen LogP contribution in [0.3, 0.4) is 0 Å². The highest BCUT2D eigenvalue weighted by Gasteiger charge is 2.43. The Balaban J connectivity index is 1.12. The van der Waals surface area contributed by atoms with Gasteiger partial charge in [0.15, 0.2) is 11.8 Å². The molecule has 6 rings (SSSR count). The number of nitrogens with one attached hydrogen (secondary N) is 1. The lowest BCUT2D eigenvalue weighted by Crippen LogP contribution is -2.33. The first kappa shape index (κ1) is 22.1. The fourth-order valence-corrected chi connectivity index (χ4v) is 5.27. The molecular weight excluding hydrogens is 456 g/mol. The summed E-state index contributed by atoms with van der Waals surface area (Å²) in [6.07, 6.45) is 4.74. The van der Waals surface area contributed by atoms with E-state index in [4.69, 9.17) is 35.5 Å². The Bertz CT molecular complexity index is 1130. The van der Waals surface area contributed by atoms with E-state index in [-0.39, 0.29) is 18.3 Å². The number of nitrogens with zero attached hydrogens (tertiary/aromatic N) is 3. The number of aromatic amines is 1. The van der Waals surface area contributed by atoms with Crippen LogP contribution in [-0.2, 0) is 9.47 Å². The van der Waals surface area contributed by atoms with Crippen molar-refractivity contribution in [2.24, 2.45) is 0 Å². The van der Waals surface area contributed by atoms with E-state index in [1.165, 1.54) is 32.4 Å². The van der Waals surface area contributed by atoms with Crippen LogP contribution in [0.2, 0.25) is 5.02 Å². The highest BCUT2D eigenvalue weighted by molar-refractivity contribution is 6.33. The lowest BCUT2D eigenvalue weighted by atomic mass is 10.1. The molecule has 3 saturated heterocycles. The predicted molar refractivity (Wildman–Crippen MR) is 129 cm³/mol. The summed E-state index contributed by atoms with van der Waals surface area (Å²) < 4.78 is 23.5. The molecule has 1 unspecified atom stereocenters. The Labute approximate surface area is 203 Å². The molecule has 8 nitrogen and oxygen atoms in total.